The number of anilines is 1. The Hall–Kier alpha value is -2.69. The van der Waals surface area contributed by atoms with E-state index in [-0.39, 0.29) is 5.92 Å². The summed E-state index contributed by atoms with van der Waals surface area (Å²) in [4.78, 5) is 13.5. The molecule has 0 aliphatic heterocycles. The van der Waals surface area contributed by atoms with Gasteiger partial charge in [0.05, 0.1) is 11.4 Å². The molecular formula is C18H23N5. The van der Waals surface area contributed by atoms with Gasteiger partial charge in [-0.25, -0.2) is 9.97 Å². The minimum Gasteiger partial charge on any atom is -0.403 e. The molecule has 0 aromatic carbocycles. The molecule has 2 rings (SSSR count). The Labute approximate surface area is 137 Å². The largest absolute Gasteiger partial charge is 0.403 e. The molecular weight excluding hydrogens is 286 g/mol. The molecule has 5 nitrogen and oxygen atoms in total. The van der Waals surface area contributed by atoms with Gasteiger partial charge in [-0.15, -0.1) is 0 Å². The van der Waals surface area contributed by atoms with E-state index < -0.39 is 0 Å². The average molecular weight is 309 g/mol. The molecule has 0 saturated heterocycles. The number of nitrogens with two attached hydrogens (primary N) is 1. The molecule has 0 bridgehead atoms. The first kappa shape index (κ1) is 16.7. The Morgan fingerprint density at radius 3 is 2.87 bits per heavy atom. The molecule has 2 aromatic heterocycles. The molecule has 0 amide bonds. The van der Waals surface area contributed by atoms with Crippen molar-refractivity contribution in [2.45, 2.75) is 32.6 Å². The van der Waals surface area contributed by atoms with Crippen molar-refractivity contribution in [3.8, 4) is 11.3 Å². The molecule has 0 aliphatic rings. The minimum absolute atomic E-state index is 0.284. The molecule has 1 unspecified atom stereocenters. The van der Waals surface area contributed by atoms with Gasteiger partial charge in [-0.2, -0.15) is 0 Å². The summed E-state index contributed by atoms with van der Waals surface area (Å²) in [7, 11) is 0. The fourth-order valence-corrected chi connectivity index (χ4v) is 2.28. The third-order valence-electron chi connectivity index (χ3n) is 3.54. The van der Waals surface area contributed by atoms with Crippen LogP contribution in [0.2, 0.25) is 0 Å². The second kappa shape index (κ2) is 8.08. The van der Waals surface area contributed by atoms with E-state index in [1.54, 1.807) is 18.5 Å². The van der Waals surface area contributed by atoms with E-state index in [4.69, 9.17) is 10.7 Å². The van der Waals surface area contributed by atoms with Crippen LogP contribution in [0.3, 0.4) is 0 Å². The summed E-state index contributed by atoms with van der Waals surface area (Å²) in [6.45, 7) is 8.03. The molecule has 1 atom stereocenters. The Morgan fingerprint density at radius 2 is 2.26 bits per heavy atom. The minimum atomic E-state index is 0.284. The molecule has 0 fully saturated rings. The quantitative estimate of drug-likeness (QED) is 0.760. The first-order valence-electron chi connectivity index (χ1n) is 7.78. The van der Waals surface area contributed by atoms with E-state index >= 15 is 0 Å². The van der Waals surface area contributed by atoms with E-state index in [1.807, 2.05) is 18.2 Å². The van der Waals surface area contributed by atoms with Crippen LogP contribution in [0.4, 0.5) is 5.82 Å². The van der Waals surface area contributed by atoms with E-state index in [0.29, 0.717) is 11.5 Å². The van der Waals surface area contributed by atoms with Crippen LogP contribution in [0.5, 0.6) is 0 Å². The molecule has 2 heterocycles. The summed E-state index contributed by atoms with van der Waals surface area (Å²) in [5.41, 5.74) is 8.08. The Kier molecular flexibility index (Phi) is 5.86. The first-order valence-corrected chi connectivity index (χ1v) is 7.78. The predicted molar refractivity (Wildman–Crippen MR) is 94.7 cm³/mol. The van der Waals surface area contributed by atoms with Gasteiger partial charge in [0.1, 0.15) is 11.6 Å². The van der Waals surface area contributed by atoms with E-state index in [1.165, 1.54) is 6.20 Å². The first-order chi connectivity index (χ1) is 11.2. The average Bonchev–Trinajstić information content (AvgIpc) is 2.60. The van der Waals surface area contributed by atoms with E-state index in [0.717, 1.165) is 29.9 Å². The van der Waals surface area contributed by atoms with Gasteiger partial charge in [-0.1, -0.05) is 26.8 Å². The maximum atomic E-state index is 5.58. The molecule has 23 heavy (non-hydrogen) atoms. The van der Waals surface area contributed by atoms with Gasteiger partial charge in [-0.05, 0) is 24.6 Å². The van der Waals surface area contributed by atoms with Crippen molar-refractivity contribution in [2.24, 2.45) is 5.73 Å². The molecule has 0 radical (unpaired) electrons. The number of pyridine rings is 1. The fraction of sp³-hybridized carbons (Fsp3) is 0.278. The topological polar surface area (TPSA) is 76.7 Å². The van der Waals surface area contributed by atoms with Crippen LogP contribution in [-0.2, 0) is 0 Å². The van der Waals surface area contributed by atoms with Crippen molar-refractivity contribution < 1.29 is 0 Å². The van der Waals surface area contributed by atoms with Crippen LogP contribution in [-0.4, -0.2) is 15.0 Å². The zero-order chi connectivity index (χ0) is 16.7. The standard InChI is InChI=1S/C18H23N5/c1-4-7-13(3)18-22-16(14-8-6-9-20-12-14)10-17(23-18)21-15(5-2)11-19/h5-6,8-13H,2,4,7,19H2,1,3H3,(H,21,22,23)/b15-11+. The van der Waals surface area contributed by atoms with Crippen LogP contribution in [0.1, 0.15) is 38.4 Å². The van der Waals surface area contributed by atoms with Crippen LogP contribution in [0.15, 0.2) is 55.1 Å². The number of hydrogen-bond donors (Lipinski definition) is 2. The lowest BCUT2D eigenvalue weighted by Crippen LogP contribution is -2.08. The second-order valence-electron chi connectivity index (χ2n) is 5.38. The highest BCUT2D eigenvalue weighted by Gasteiger charge is 2.12. The van der Waals surface area contributed by atoms with Gasteiger partial charge in [0.25, 0.3) is 0 Å². The number of rotatable bonds is 7. The maximum absolute atomic E-state index is 5.58. The summed E-state index contributed by atoms with van der Waals surface area (Å²) in [6.07, 6.45) is 8.79. The molecule has 0 saturated carbocycles. The summed E-state index contributed by atoms with van der Waals surface area (Å²) >= 11 is 0. The summed E-state index contributed by atoms with van der Waals surface area (Å²) in [6, 6.07) is 5.78. The monoisotopic (exact) mass is 309 g/mol. The summed E-state index contributed by atoms with van der Waals surface area (Å²) in [5.74, 6) is 1.80. The van der Waals surface area contributed by atoms with Gasteiger partial charge < -0.3 is 11.1 Å². The summed E-state index contributed by atoms with van der Waals surface area (Å²) < 4.78 is 0. The SMILES string of the molecule is C=C/C(=C\N)Nc1cc(-c2cccnc2)nc(C(C)CCC)n1. The Morgan fingerprint density at radius 1 is 1.43 bits per heavy atom. The molecule has 0 spiro atoms. The lowest BCUT2D eigenvalue weighted by Gasteiger charge is -2.14. The van der Waals surface area contributed by atoms with Gasteiger partial charge in [0.2, 0.25) is 0 Å². The number of aromatic nitrogens is 3. The number of allylic oxidation sites excluding steroid dienone is 1. The lowest BCUT2D eigenvalue weighted by molar-refractivity contribution is 0.628. The van der Waals surface area contributed by atoms with Crippen molar-refractivity contribution >= 4 is 5.82 Å². The fourth-order valence-electron chi connectivity index (χ4n) is 2.28. The van der Waals surface area contributed by atoms with Crippen LogP contribution >= 0.6 is 0 Å². The van der Waals surface area contributed by atoms with Crippen molar-refractivity contribution in [3.05, 3.63) is 61.0 Å². The Bertz CT molecular complexity index is 679. The third kappa shape index (κ3) is 4.39. The molecule has 3 N–H and O–H groups in total. The van der Waals surface area contributed by atoms with Gasteiger partial charge in [0, 0.05) is 36.1 Å². The molecule has 0 aliphatic carbocycles. The molecule has 5 heteroatoms. The predicted octanol–water partition coefficient (Wildman–Crippen LogP) is 3.84. The van der Waals surface area contributed by atoms with E-state index in [2.05, 4.69) is 35.7 Å². The molecule has 120 valence electrons. The number of nitrogens with zero attached hydrogens (tertiary/aromatic N) is 3. The van der Waals surface area contributed by atoms with Crippen molar-refractivity contribution in [3.63, 3.8) is 0 Å². The van der Waals surface area contributed by atoms with Crippen molar-refractivity contribution in [1.29, 1.82) is 0 Å². The van der Waals surface area contributed by atoms with Crippen LogP contribution < -0.4 is 11.1 Å². The van der Waals surface area contributed by atoms with Gasteiger partial charge in [0.15, 0.2) is 0 Å². The van der Waals surface area contributed by atoms with Gasteiger partial charge in [-0.3, -0.25) is 4.98 Å². The lowest BCUT2D eigenvalue weighted by atomic mass is 10.0. The highest BCUT2D eigenvalue weighted by molar-refractivity contribution is 5.62. The smallest absolute Gasteiger partial charge is 0.134 e. The number of hydrogen-bond acceptors (Lipinski definition) is 5. The zero-order valence-electron chi connectivity index (χ0n) is 13.7. The van der Waals surface area contributed by atoms with Gasteiger partial charge >= 0.3 is 0 Å². The normalized spacial score (nSPS) is 12.7. The Balaban J connectivity index is 2.45. The zero-order valence-corrected chi connectivity index (χ0v) is 13.7. The summed E-state index contributed by atoms with van der Waals surface area (Å²) in [5, 5.41) is 3.17. The highest BCUT2D eigenvalue weighted by Crippen LogP contribution is 2.24. The third-order valence-corrected chi connectivity index (χ3v) is 3.54. The van der Waals surface area contributed by atoms with Crippen molar-refractivity contribution in [1.82, 2.24) is 15.0 Å². The van der Waals surface area contributed by atoms with Crippen LogP contribution in [0, 0.1) is 0 Å². The highest BCUT2D eigenvalue weighted by atomic mass is 15.0. The van der Waals surface area contributed by atoms with Crippen LogP contribution in [0.25, 0.3) is 11.3 Å². The second-order valence-corrected chi connectivity index (χ2v) is 5.38. The van der Waals surface area contributed by atoms with E-state index in [9.17, 15) is 0 Å². The van der Waals surface area contributed by atoms with Crippen molar-refractivity contribution in [2.75, 3.05) is 5.32 Å². The molecule has 2 aromatic rings. The maximum Gasteiger partial charge on any atom is 0.134 e. The number of nitrogens with one attached hydrogen (secondary N) is 1.